The van der Waals surface area contributed by atoms with Crippen LogP contribution in [0.3, 0.4) is 0 Å². The summed E-state index contributed by atoms with van der Waals surface area (Å²) in [5.41, 5.74) is 2.78. The molecule has 0 fully saturated rings. The number of aliphatic imine (C=N–C) groups is 1. The topological polar surface area (TPSA) is 77.7 Å². The summed E-state index contributed by atoms with van der Waals surface area (Å²) in [7, 11) is 0. The van der Waals surface area contributed by atoms with Crippen molar-refractivity contribution >= 4 is 22.2 Å². The third kappa shape index (κ3) is 4.66. The summed E-state index contributed by atoms with van der Waals surface area (Å²) >= 11 is 1.54. The molecule has 24 heavy (non-hydrogen) atoms. The monoisotopic (exact) mass is 347 g/mol. The highest BCUT2D eigenvalue weighted by molar-refractivity contribution is 7.13. The Hall–Kier alpha value is -2.18. The summed E-state index contributed by atoms with van der Waals surface area (Å²) in [4.78, 5) is 9.20. The van der Waals surface area contributed by atoms with Crippen molar-refractivity contribution in [2.45, 2.75) is 32.7 Å². The van der Waals surface area contributed by atoms with Gasteiger partial charge >= 0.3 is 0 Å². The molecule has 1 aromatic rings. The first-order chi connectivity index (χ1) is 11.5. The number of allylic oxidation sites excluding steroid dienone is 3. The molecule has 3 N–H and O–H groups in total. The number of nitrogens with one attached hydrogen (secondary N) is 1. The van der Waals surface area contributed by atoms with Gasteiger partial charge in [0.1, 0.15) is 5.76 Å². The van der Waals surface area contributed by atoms with Crippen LogP contribution < -0.4 is 5.32 Å². The van der Waals surface area contributed by atoms with Crippen LogP contribution in [0.5, 0.6) is 0 Å². The zero-order valence-corrected chi connectivity index (χ0v) is 14.8. The smallest absolute Gasteiger partial charge is 0.183 e. The van der Waals surface area contributed by atoms with Crippen molar-refractivity contribution in [1.29, 1.82) is 0 Å². The lowest BCUT2D eigenvalue weighted by molar-refractivity contribution is 0.302. The standard InChI is InChI=1S/C18H23N3O2S.H2/c1-4-14-13(7-5-6-10-22)17(23)9-8-15(20-14)16-11-24-18(21-16)19-12(2)3;/h4-5,7,9,11-12,22-23H,1,6,8,10H2,2-3H3,(H,19,21);1H/b7-5-;. The van der Waals surface area contributed by atoms with Crippen LogP contribution in [0.2, 0.25) is 0 Å². The van der Waals surface area contributed by atoms with Crippen molar-refractivity contribution in [2.24, 2.45) is 4.99 Å². The quantitative estimate of drug-likeness (QED) is 0.690. The fourth-order valence-corrected chi connectivity index (χ4v) is 3.04. The molecule has 1 aliphatic heterocycles. The van der Waals surface area contributed by atoms with Crippen LogP contribution in [-0.4, -0.2) is 33.6 Å². The van der Waals surface area contributed by atoms with Crippen molar-refractivity contribution in [3.05, 3.63) is 59.0 Å². The molecule has 0 spiro atoms. The molecule has 6 heteroatoms. The predicted octanol–water partition coefficient (Wildman–Crippen LogP) is 4.22. The molecule has 0 aliphatic carbocycles. The van der Waals surface area contributed by atoms with Crippen LogP contribution in [0.1, 0.15) is 33.8 Å². The van der Waals surface area contributed by atoms with E-state index < -0.39 is 0 Å². The van der Waals surface area contributed by atoms with Gasteiger partial charge in [-0.15, -0.1) is 11.3 Å². The Morgan fingerprint density at radius 3 is 2.96 bits per heavy atom. The molecular weight excluding hydrogens is 322 g/mol. The third-order valence-electron chi connectivity index (χ3n) is 3.28. The number of thiazole rings is 1. The molecule has 2 heterocycles. The van der Waals surface area contributed by atoms with E-state index in [1.54, 1.807) is 24.3 Å². The summed E-state index contributed by atoms with van der Waals surface area (Å²) in [6.45, 7) is 7.99. The van der Waals surface area contributed by atoms with Gasteiger partial charge in [-0.3, -0.25) is 4.99 Å². The van der Waals surface area contributed by atoms with Gasteiger partial charge in [-0.2, -0.15) is 0 Å². The van der Waals surface area contributed by atoms with E-state index in [0.717, 1.165) is 16.5 Å². The zero-order valence-electron chi connectivity index (χ0n) is 14.0. The molecule has 2 rings (SSSR count). The predicted molar refractivity (Wildman–Crippen MR) is 103 cm³/mol. The van der Waals surface area contributed by atoms with Gasteiger partial charge in [0.2, 0.25) is 0 Å². The van der Waals surface area contributed by atoms with Crippen molar-refractivity contribution < 1.29 is 11.6 Å². The number of aliphatic hydroxyl groups is 2. The second-order valence-corrected chi connectivity index (χ2v) is 6.46. The Kier molecular flexibility index (Phi) is 6.52. The van der Waals surface area contributed by atoms with Crippen LogP contribution >= 0.6 is 11.3 Å². The molecular formula is C18H25N3O2S. The molecule has 130 valence electrons. The molecule has 0 bridgehead atoms. The normalized spacial score (nSPS) is 15.5. The number of anilines is 1. The summed E-state index contributed by atoms with van der Waals surface area (Å²) < 4.78 is 0. The van der Waals surface area contributed by atoms with E-state index in [0.29, 0.717) is 30.2 Å². The van der Waals surface area contributed by atoms with Gasteiger partial charge in [0.15, 0.2) is 5.13 Å². The van der Waals surface area contributed by atoms with Crippen molar-refractivity contribution in [1.82, 2.24) is 4.98 Å². The van der Waals surface area contributed by atoms with E-state index in [1.807, 2.05) is 5.38 Å². The van der Waals surface area contributed by atoms with E-state index in [4.69, 9.17) is 5.11 Å². The van der Waals surface area contributed by atoms with Gasteiger partial charge in [0, 0.05) is 31.4 Å². The van der Waals surface area contributed by atoms with Crippen molar-refractivity contribution in [3.63, 3.8) is 0 Å². The Bertz CT molecular complexity index is 718. The maximum absolute atomic E-state index is 10.3. The molecule has 0 atom stereocenters. The Balaban J connectivity index is 0.00000312. The minimum Gasteiger partial charge on any atom is -0.508 e. The van der Waals surface area contributed by atoms with E-state index in [-0.39, 0.29) is 13.8 Å². The first-order valence-electron chi connectivity index (χ1n) is 7.88. The molecule has 5 nitrogen and oxygen atoms in total. The minimum atomic E-state index is 0. The fourth-order valence-electron chi connectivity index (χ4n) is 2.17. The van der Waals surface area contributed by atoms with Gasteiger partial charge in [0.25, 0.3) is 0 Å². The van der Waals surface area contributed by atoms with E-state index in [1.165, 1.54) is 11.3 Å². The number of nitrogens with zero attached hydrogens (tertiary/aromatic N) is 2. The van der Waals surface area contributed by atoms with Crippen LogP contribution in [0.4, 0.5) is 5.13 Å². The summed E-state index contributed by atoms with van der Waals surface area (Å²) in [6.07, 6.45) is 7.92. The summed E-state index contributed by atoms with van der Waals surface area (Å²) in [5.74, 6) is 0.161. The Morgan fingerprint density at radius 2 is 2.29 bits per heavy atom. The van der Waals surface area contributed by atoms with E-state index in [9.17, 15) is 5.11 Å². The molecule has 0 unspecified atom stereocenters. The highest BCUT2D eigenvalue weighted by Gasteiger charge is 2.15. The SMILES string of the molecule is C=CC1=C(/C=C\CCO)C(O)=CCC(c2csc(NC(C)C)n2)=N1.[HH]. The van der Waals surface area contributed by atoms with Gasteiger partial charge in [-0.05, 0) is 32.4 Å². The second kappa shape index (κ2) is 8.61. The average molecular weight is 347 g/mol. The molecule has 0 saturated carbocycles. The molecule has 0 amide bonds. The Morgan fingerprint density at radius 1 is 1.50 bits per heavy atom. The first kappa shape index (κ1) is 18.2. The molecule has 0 radical (unpaired) electrons. The number of hydrogen-bond donors (Lipinski definition) is 3. The van der Waals surface area contributed by atoms with E-state index in [2.05, 4.69) is 35.7 Å². The largest absolute Gasteiger partial charge is 0.508 e. The van der Waals surface area contributed by atoms with Crippen LogP contribution in [0, 0.1) is 0 Å². The molecule has 1 aromatic heterocycles. The lowest BCUT2D eigenvalue weighted by Crippen LogP contribution is -2.09. The van der Waals surface area contributed by atoms with Crippen LogP contribution in [0.15, 0.2) is 58.3 Å². The Labute approximate surface area is 148 Å². The first-order valence-corrected chi connectivity index (χ1v) is 8.76. The number of rotatable bonds is 7. The fraction of sp³-hybridized carbons (Fsp3) is 0.333. The lowest BCUT2D eigenvalue weighted by atomic mass is 10.1. The highest BCUT2D eigenvalue weighted by atomic mass is 32.1. The molecule has 1 aliphatic rings. The van der Waals surface area contributed by atoms with E-state index >= 15 is 0 Å². The average Bonchev–Trinajstić information content (AvgIpc) is 2.93. The van der Waals surface area contributed by atoms with Gasteiger partial charge in [-0.25, -0.2) is 4.98 Å². The molecule has 0 saturated heterocycles. The lowest BCUT2D eigenvalue weighted by Gasteiger charge is -2.05. The van der Waals surface area contributed by atoms with Crippen LogP contribution in [-0.2, 0) is 0 Å². The number of hydrogen-bond acceptors (Lipinski definition) is 6. The van der Waals surface area contributed by atoms with Gasteiger partial charge in [0.05, 0.1) is 17.1 Å². The van der Waals surface area contributed by atoms with Crippen molar-refractivity contribution in [2.75, 3.05) is 11.9 Å². The second-order valence-electron chi connectivity index (χ2n) is 5.61. The minimum absolute atomic E-state index is 0. The highest BCUT2D eigenvalue weighted by Crippen LogP contribution is 2.25. The van der Waals surface area contributed by atoms with Gasteiger partial charge in [-0.1, -0.05) is 18.7 Å². The maximum atomic E-state index is 10.3. The third-order valence-corrected chi connectivity index (χ3v) is 4.06. The van der Waals surface area contributed by atoms with Crippen LogP contribution in [0.25, 0.3) is 0 Å². The number of aliphatic hydroxyl groups excluding tert-OH is 2. The van der Waals surface area contributed by atoms with Gasteiger partial charge < -0.3 is 15.5 Å². The maximum Gasteiger partial charge on any atom is 0.183 e. The number of aromatic nitrogens is 1. The summed E-state index contributed by atoms with van der Waals surface area (Å²) in [5, 5.41) is 25.3. The summed E-state index contributed by atoms with van der Waals surface area (Å²) in [6, 6.07) is 0.316. The molecule has 0 aromatic carbocycles. The zero-order chi connectivity index (χ0) is 17.5. The van der Waals surface area contributed by atoms with Crippen molar-refractivity contribution in [3.8, 4) is 0 Å².